The van der Waals surface area contributed by atoms with Crippen molar-refractivity contribution in [2.75, 3.05) is 0 Å². The van der Waals surface area contributed by atoms with Gasteiger partial charge < -0.3 is 15.0 Å². The Morgan fingerprint density at radius 1 is 0.919 bits per heavy atom. The molecule has 1 aliphatic carbocycles. The molecule has 2 aromatic heterocycles. The van der Waals surface area contributed by atoms with E-state index in [4.69, 9.17) is 4.74 Å². The van der Waals surface area contributed by atoms with Gasteiger partial charge in [-0.25, -0.2) is 5.10 Å². The van der Waals surface area contributed by atoms with Crippen LogP contribution in [-0.2, 0) is 6.61 Å². The number of hydrogen-bond donors (Lipinski definition) is 3. The fourth-order valence-corrected chi connectivity index (χ4v) is 5.29. The zero-order valence-electron chi connectivity index (χ0n) is 20.4. The van der Waals surface area contributed by atoms with Gasteiger partial charge in [-0.3, -0.25) is 9.59 Å². The summed E-state index contributed by atoms with van der Waals surface area (Å²) in [5.74, 6) is 0.931. The molecule has 6 rings (SSSR count). The van der Waals surface area contributed by atoms with Crippen molar-refractivity contribution in [3.05, 3.63) is 106 Å². The number of nitrogens with one attached hydrogen (secondary N) is 3. The first kappa shape index (κ1) is 23.0. The summed E-state index contributed by atoms with van der Waals surface area (Å²) in [6.45, 7) is 0.497. The summed E-state index contributed by atoms with van der Waals surface area (Å²) < 4.78 is 5.93. The Labute approximate surface area is 213 Å². The third-order valence-corrected chi connectivity index (χ3v) is 7.26. The lowest BCUT2D eigenvalue weighted by atomic mass is 9.82. The van der Waals surface area contributed by atoms with Gasteiger partial charge in [-0.05, 0) is 61.6 Å². The molecule has 7 heteroatoms. The molecule has 0 unspecified atom stereocenters. The first-order valence-corrected chi connectivity index (χ1v) is 12.7. The molecular formula is C30H28N4O3. The van der Waals surface area contributed by atoms with Crippen molar-refractivity contribution < 1.29 is 9.53 Å². The minimum absolute atomic E-state index is 0.0981. The Kier molecular flexibility index (Phi) is 6.18. The average Bonchev–Trinajstić information content (AvgIpc) is 3.37. The molecule has 5 aromatic rings. The van der Waals surface area contributed by atoms with Gasteiger partial charge in [0, 0.05) is 28.2 Å². The van der Waals surface area contributed by atoms with E-state index in [1.165, 1.54) is 0 Å². The molecule has 186 valence electrons. The fraction of sp³-hybridized carbons (Fsp3) is 0.233. The number of carbonyl (C=O) groups is 1. The Bertz CT molecular complexity index is 1610. The number of hydrogen-bond acceptors (Lipinski definition) is 4. The van der Waals surface area contributed by atoms with E-state index in [-0.39, 0.29) is 23.4 Å². The third kappa shape index (κ3) is 4.85. The number of rotatable bonds is 6. The Hall–Kier alpha value is -4.39. The van der Waals surface area contributed by atoms with Crippen LogP contribution in [-0.4, -0.2) is 27.1 Å². The van der Waals surface area contributed by atoms with Crippen LogP contribution in [0.5, 0.6) is 5.75 Å². The number of ether oxygens (including phenoxy) is 1. The van der Waals surface area contributed by atoms with Gasteiger partial charge in [-0.1, -0.05) is 48.5 Å². The summed E-state index contributed by atoms with van der Waals surface area (Å²) in [5, 5.41) is 12.8. The van der Waals surface area contributed by atoms with Crippen LogP contribution in [0.3, 0.4) is 0 Å². The largest absolute Gasteiger partial charge is 0.489 e. The monoisotopic (exact) mass is 492 g/mol. The number of carbonyl (C=O) groups excluding carboxylic acids is 1. The zero-order chi connectivity index (χ0) is 25.2. The number of H-pyrrole nitrogens is 2. The minimum atomic E-state index is -0.159. The Morgan fingerprint density at radius 3 is 2.49 bits per heavy atom. The van der Waals surface area contributed by atoms with Gasteiger partial charge in [0.25, 0.3) is 11.5 Å². The quantitative estimate of drug-likeness (QED) is 0.294. The van der Waals surface area contributed by atoms with E-state index in [9.17, 15) is 9.59 Å². The summed E-state index contributed by atoms with van der Waals surface area (Å²) in [4.78, 5) is 28.4. The number of amides is 1. The summed E-state index contributed by atoms with van der Waals surface area (Å²) >= 11 is 0. The van der Waals surface area contributed by atoms with Gasteiger partial charge in [0.15, 0.2) is 0 Å². The molecule has 7 nitrogen and oxygen atoms in total. The summed E-state index contributed by atoms with van der Waals surface area (Å²) in [6.07, 6.45) is 3.54. The number of benzene rings is 3. The van der Waals surface area contributed by atoms with Crippen molar-refractivity contribution >= 4 is 27.6 Å². The normalized spacial score (nSPS) is 17.6. The lowest BCUT2D eigenvalue weighted by molar-refractivity contribution is 0.0921. The predicted octanol–water partition coefficient (Wildman–Crippen LogP) is 5.44. The van der Waals surface area contributed by atoms with E-state index >= 15 is 0 Å². The van der Waals surface area contributed by atoms with Gasteiger partial charge in [0.1, 0.15) is 18.1 Å². The fourth-order valence-electron chi connectivity index (χ4n) is 5.29. The first-order chi connectivity index (χ1) is 18.1. The number of nitrogens with zero attached hydrogens (tertiary/aromatic N) is 1. The van der Waals surface area contributed by atoms with Crippen LogP contribution in [0.4, 0.5) is 0 Å². The van der Waals surface area contributed by atoms with Crippen molar-refractivity contribution in [2.45, 2.75) is 44.2 Å². The van der Waals surface area contributed by atoms with Gasteiger partial charge >= 0.3 is 0 Å². The molecule has 2 heterocycles. The van der Waals surface area contributed by atoms with Crippen LogP contribution in [0.15, 0.2) is 83.7 Å². The van der Waals surface area contributed by atoms with Crippen LogP contribution in [0.1, 0.15) is 53.3 Å². The van der Waals surface area contributed by atoms with E-state index in [0.717, 1.165) is 59.0 Å². The highest BCUT2D eigenvalue weighted by Gasteiger charge is 2.26. The zero-order valence-corrected chi connectivity index (χ0v) is 20.4. The van der Waals surface area contributed by atoms with Gasteiger partial charge in [-0.15, -0.1) is 0 Å². The van der Waals surface area contributed by atoms with E-state index in [1.807, 2.05) is 78.9 Å². The maximum Gasteiger partial charge on any atom is 0.272 e. The molecule has 1 saturated carbocycles. The lowest BCUT2D eigenvalue weighted by Crippen LogP contribution is -2.37. The smallest absolute Gasteiger partial charge is 0.272 e. The average molecular weight is 493 g/mol. The number of aromatic amines is 2. The maximum absolute atomic E-state index is 13.0. The van der Waals surface area contributed by atoms with Crippen molar-refractivity contribution in [1.82, 2.24) is 20.5 Å². The SMILES string of the molecule is O=C(NC1CCC(c2n[nH]c(=O)c3ccccc23)CC1)c1cc2cc(OCc3ccccc3)ccc2[nH]1. The highest BCUT2D eigenvalue weighted by Crippen LogP contribution is 2.34. The van der Waals surface area contributed by atoms with E-state index in [2.05, 4.69) is 20.5 Å². The predicted molar refractivity (Wildman–Crippen MR) is 144 cm³/mol. The van der Waals surface area contributed by atoms with E-state index < -0.39 is 0 Å². The summed E-state index contributed by atoms with van der Waals surface area (Å²) in [5.41, 5.74) is 3.34. The number of fused-ring (bicyclic) bond motifs is 2. The standard InChI is InChI=1S/C30H28N4O3/c35-29-25-9-5-4-8-24(25)28(33-34-29)20-10-12-22(13-11-20)31-30(36)27-17-21-16-23(14-15-26(21)32-27)37-18-19-6-2-1-3-7-19/h1-9,14-17,20,22,32H,10-13,18H2,(H,31,36)(H,34,35). The molecular weight excluding hydrogens is 464 g/mol. The van der Waals surface area contributed by atoms with E-state index in [1.54, 1.807) is 0 Å². The topological polar surface area (TPSA) is 99.9 Å². The van der Waals surface area contributed by atoms with Gasteiger partial charge in [-0.2, -0.15) is 5.10 Å². The molecule has 1 amide bonds. The molecule has 0 bridgehead atoms. The van der Waals surface area contributed by atoms with E-state index in [0.29, 0.717) is 17.7 Å². The molecule has 0 saturated heterocycles. The second-order valence-electron chi connectivity index (χ2n) is 9.71. The highest BCUT2D eigenvalue weighted by molar-refractivity contribution is 5.98. The van der Waals surface area contributed by atoms with Crippen LogP contribution in [0, 0.1) is 0 Å². The molecule has 1 fully saturated rings. The van der Waals surface area contributed by atoms with Crippen LogP contribution in [0.2, 0.25) is 0 Å². The number of aromatic nitrogens is 3. The highest BCUT2D eigenvalue weighted by atomic mass is 16.5. The van der Waals surface area contributed by atoms with Crippen LogP contribution < -0.4 is 15.6 Å². The van der Waals surface area contributed by atoms with Crippen molar-refractivity contribution in [2.24, 2.45) is 0 Å². The van der Waals surface area contributed by atoms with Crippen molar-refractivity contribution in [1.29, 1.82) is 0 Å². The molecule has 0 radical (unpaired) electrons. The summed E-state index contributed by atoms with van der Waals surface area (Å²) in [6, 6.07) is 25.5. The van der Waals surface area contributed by atoms with Crippen molar-refractivity contribution in [3.63, 3.8) is 0 Å². The molecule has 0 atom stereocenters. The Morgan fingerprint density at radius 2 is 1.68 bits per heavy atom. The van der Waals surface area contributed by atoms with Gasteiger partial charge in [0.2, 0.25) is 0 Å². The Balaban J connectivity index is 1.09. The molecule has 0 aliphatic heterocycles. The van der Waals surface area contributed by atoms with Gasteiger partial charge in [0.05, 0.1) is 11.1 Å². The summed E-state index contributed by atoms with van der Waals surface area (Å²) in [7, 11) is 0. The van der Waals surface area contributed by atoms with Crippen molar-refractivity contribution in [3.8, 4) is 5.75 Å². The maximum atomic E-state index is 13.0. The second-order valence-corrected chi connectivity index (χ2v) is 9.71. The molecule has 3 aromatic carbocycles. The molecule has 0 spiro atoms. The molecule has 37 heavy (non-hydrogen) atoms. The van der Waals surface area contributed by atoms with Crippen LogP contribution >= 0.6 is 0 Å². The first-order valence-electron chi connectivity index (χ1n) is 12.7. The lowest BCUT2D eigenvalue weighted by Gasteiger charge is -2.29. The van der Waals surface area contributed by atoms with Crippen LogP contribution in [0.25, 0.3) is 21.7 Å². The molecule has 3 N–H and O–H groups in total. The minimum Gasteiger partial charge on any atom is -0.489 e. The third-order valence-electron chi connectivity index (χ3n) is 7.26. The second kappa shape index (κ2) is 9.93. The molecule has 1 aliphatic rings.